The highest BCUT2D eigenvalue weighted by atomic mass is 16.7. The number of hydrogen-bond donors (Lipinski definition) is 1. The normalized spacial score (nSPS) is 14.6. The fraction of sp³-hybridized carbons (Fsp3) is 0.133. The zero-order valence-corrected chi connectivity index (χ0v) is 11.2. The molecule has 0 radical (unpaired) electrons. The Morgan fingerprint density at radius 1 is 1.33 bits per heavy atom. The fourth-order valence-corrected chi connectivity index (χ4v) is 2.12. The van der Waals surface area contributed by atoms with Crippen LogP contribution in [0.25, 0.3) is 10.9 Å². The number of carbonyl (C=O) groups excluding carboxylic acids is 2. The van der Waals surface area contributed by atoms with Gasteiger partial charge in [-0.05, 0) is 30.7 Å². The fourth-order valence-electron chi connectivity index (χ4n) is 2.12. The van der Waals surface area contributed by atoms with Gasteiger partial charge in [0.1, 0.15) is 0 Å². The van der Waals surface area contributed by atoms with Crippen molar-refractivity contribution in [1.29, 1.82) is 0 Å². The van der Waals surface area contributed by atoms with Crippen LogP contribution in [0.2, 0.25) is 0 Å². The maximum absolute atomic E-state index is 11.8. The monoisotopic (exact) mass is 283 g/mol. The van der Waals surface area contributed by atoms with Crippen molar-refractivity contribution in [3.63, 3.8) is 0 Å². The van der Waals surface area contributed by atoms with Gasteiger partial charge in [-0.25, -0.2) is 4.79 Å². The first kappa shape index (κ1) is 13.1. The number of allylic oxidation sites excluding steroid dienone is 1. The predicted molar refractivity (Wildman–Crippen MR) is 77.1 cm³/mol. The summed E-state index contributed by atoms with van der Waals surface area (Å²) in [6.45, 7) is 3.68. The maximum atomic E-state index is 11.8. The van der Waals surface area contributed by atoms with E-state index in [0.29, 0.717) is 24.2 Å². The Balaban J connectivity index is 1.71. The van der Waals surface area contributed by atoms with Gasteiger partial charge < -0.3 is 4.84 Å². The summed E-state index contributed by atoms with van der Waals surface area (Å²) in [7, 11) is 0. The van der Waals surface area contributed by atoms with Gasteiger partial charge in [-0.15, -0.1) is 5.06 Å². The average molecular weight is 283 g/mol. The highest BCUT2D eigenvalue weighted by Crippen LogP contribution is 2.22. The molecule has 2 amide bonds. The van der Waals surface area contributed by atoms with E-state index in [1.54, 1.807) is 24.4 Å². The van der Waals surface area contributed by atoms with Crippen LogP contribution in [0.1, 0.15) is 12.8 Å². The molecule has 0 saturated carbocycles. The summed E-state index contributed by atoms with van der Waals surface area (Å²) in [6.07, 6.45) is 1.80. The van der Waals surface area contributed by atoms with Crippen LogP contribution in [-0.2, 0) is 9.63 Å². The molecule has 21 heavy (non-hydrogen) atoms. The predicted octanol–water partition coefficient (Wildman–Crippen LogP) is 2.83. The highest BCUT2D eigenvalue weighted by Gasteiger charge is 2.28. The molecule has 0 unspecified atom stereocenters. The second-order valence-corrected chi connectivity index (χ2v) is 4.67. The largest absolute Gasteiger partial charge is 0.436 e. The summed E-state index contributed by atoms with van der Waals surface area (Å²) in [4.78, 5) is 32.5. The van der Waals surface area contributed by atoms with Crippen LogP contribution in [0.15, 0.2) is 48.8 Å². The van der Waals surface area contributed by atoms with E-state index in [1.165, 1.54) is 0 Å². The third-order valence-electron chi connectivity index (χ3n) is 3.16. The van der Waals surface area contributed by atoms with E-state index in [-0.39, 0.29) is 5.91 Å². The van der Waals surface area contributed by atoms with Gasteiger partial charge in [-0.3, -0.25) is 15.1 Å². The van der Waals surface area contributed by atoms with E-state index in [0.717, 1.165) is 16.0 Å². The van der Waals surface area contributed by atoms with Crippen LogP contribution in [-0.4, -0.2) is 22.0 Å². The second kappa shape index (κ2) is 5.24. The molecule has 1 saturated heterocycles. The minimum absolute atomic E-state index is 0.266. The van der Waals surface area contributed by atoms with E-state index in [9.17, 15) is 9.59 Å². The minimum Gasteiger partial charge on any atom is -0.314 e. The highest BCUT2D eigenvalue weighted by molar-refractivity contribution is 5.90. The van der Waals surface area contributed by atoms with Gasteiger partial charge in [0.2, 0.25) is 0 Å². The van der Waals surface area contributed by atoms with Gasteiger partial charge in [0, 0.05) is 23.7 Å². The van der Waals surface area contributed by atoms with Gasteiger partial charge in [-0.1, -0.05) is 12.6 Å². The lowest BCUT2D eigenvalue weighted by atomic mass is 10.2. The number of fused-ring (bicyclic) bond motifs is 1. The number of carbonyl (C=O) groups is 2. The molecule has 3 rings (SSSR count). The molecule has 0 aliphatic carbocycles. The minimum atomic E-state index is -0.727. The summed E-state index contributed by atoms with van der Waals surface area (Å²) >= 11 is 0. The van der Waals surface area contributed by atoms with E-state index in [2.05, 4.69) is 16.9 Å². The van der Waals surface area contributed by atoms with Crippen molar-refractivity contribution >= 4 is 28.6 Å². The first-order valence-corrected chi connectivity index (χ1v) is 6.48. The molecule has 1 N–H and O–H groups in total. The molecule has 1 aliphatic rings. The maximum Gasteiger partial charge on any atom is 0.436 e. The number of amides is 2. The van der Waals surface area contributed by atoms with Gasteiger partial charge in [0.15, 0.2) is 0 Å². The number of aromatic nitrogens is 1. The van der Waals surface area contributed by atoms with Crippen LogP contribution >= 0.6 is 0 Å². The van der Waals surface area contributed by atoms with Crippen LogP contribution in [0.3, 0.4) is 0 Å². The molecule has 2 heterocycles. The molecule has 1 aliphatic heterocycles. The van der Waals surface area contributed by atoms with Crippen LogP contribution in [0, 0.1) is 0 Å². The van der Waals surface area contributed by atoms with Gasteiger partial charge in [0.25, 0.3) is 5.91 Å². The smallest absolute Gasteiger partial charge is 0.314 e. The number of hydroxylamine groups is 2. The molecule has 106 valence electrons. The Hall–Kier alpha value is -2.89. The molecule has 0 bridgehead atoms. The molecular weight excluding hydrogens is 270 g/mol. The molecular formula is C15H13N3O3. The zero-order valence-electron chi connectivity index (χ0n) is 11.2. The van der Waals surface area contributed by atoms with Crippen molar-refractivity contribution in [3.05, 3.63) is 48.8 Å². The number of hydrogen-bond acceptors (Lipinski definition) is 4. The molecule has 6 nitrogen and oxygen atoms in total. The number of rotatable bonds is 2. The topological polar surface area (TPSA) is 71.5 Å². The Kier molecular flexibility index (Phi) is 3.27. The zero-order chi connectivity index (χ0) is 14.8. The number of nitrogens with zero attached hydrogens (tertiary/aromatic N) is 2. The van der Waals surface area contributed by atoms with Crippen LogP contribution < -0.4 is 5.32 Å². The first-order valence-electron chi connectivity index (χ1n) is 6.48. The molecule has 1 fully saturated rings. The Morgan fingerprint density at radius 2 is 2.19 bits per heavy atom. The summed E-state index contributed by atoms with van der Waals surface area (Å²) in [5, 5.41) is 4.42. The number of pyridine rings is 1. The lowest BCUT2D eigenvalue weighted by Gasteiger charge is -2.16. The number of anilines is 1. The molecule has 2 aromatic rings. The van der Waals surface area contributed by atoms with Crippen molar-refractivity contribution < 1.29 is 14.4 Å². The van der Waals surface area contributed by atoms with Crippen molar-refractivity contribution in [1.82, 2.24) is 10.0 Å². The summed E-state index contributed by atoms with van der Waals surface area (Å²) in [6, 6.07) is 9.01. The van der Waals surface area contributed by atoms with Crippen molar-refractivity contribution in [3.8, 4) is 0 Å². The van der Waals surface area contributed by atoms with Gasteiger partial charge in [0.05, 0.1) is 11.2 Å². The summed E-state index contributed by atoms with van der Waals surface area (Å²) < 4.78 is 0. The van der Waals surface area contributed by atoms with Crippen molar-refractivity contribution in [2.45, 2.75) is 12.8 Å². The molecule has 6 heteroatoms. The Bertz CT molecular complexity index is 726. The summed E-state index contributed by atoms with van der Waals surface area (Å²) in [5.74, 6) is -0.266. The lowest BCUT2D eigenvalue weighted by molar-refractivity contribution is -0.151. The third-order valence-corrected chi connectivity index (χ3v) is 3.16. The van der Waals surface area contributed by atoms with E-state index < -0.39 is 6.09 Å². The molecule has 1 aromatic heterocycles. The third kappa shape index (κ3) is 2.69. The van der Waals surface area contributed by atoms with Crippen molar-refractivity contribution in [2.75, 3.05) is 5.32 Å². The quantitative estimate of drug-likeness (QED) is 0.920. The van der Waals surface area contributed by atoms with E-state index in [1.807, 2.05) is 12.1 Å². The van der Waals surface area contributed by atoms with Crippen LogP contribution in [0.4, 0.5) is 10.5 Å². The molecule has 1 aromatic carbocycles. The standard InChI is InChI=1S/C15H13N3O3/c1-10-4-7-14(19)18(10)21-15(20)17-12-5-6-13-11(9-12)3-2-8-16-13/h2-3,5-6,8-9H,1,4,7H2,(H,17,20). The first-order chi connectivity index (χ1) is 10.1. The van der Waals surface area contributed by atoms with Crippen molar-refractivity contribution in [2.24, 2.45) is 0 Å². The summed E-state index contributed by atoms with van der Waals surface area (Å²) in [5.41, 5.74) is 1.88. The van der Waals surface area contributed by atoms with E-state index >= 15 is 0 Å². The van der Waals surface area contributed by atoms with Crippen LogP contribution in [0.5, 0.6) is 0 Å². The number of benzene rings is 1. The molecule has 0 spiro atoms. The van der Waals surface area contributed by atoms with Gasteiger partial charge >= 0.3 is 6.09 Å². The Labute approximate surface area is 121 Å². The second-order valence-electron chi connectivity index (χ2n) is 4.67. The number of nitrogens with one attached hydrogen (secondary N) is 1. The molecule has 0 atom stereocenters. The average Bonchev–Trinajstić information content (AvgIpc) is 2.79. The van der Waals surface area contributed by atoms with Gasteiger partial charge in [-0.2, -0.15) is 0 Å². The lowest BCUT2D eigenvalue weighted by Crippen LogP contribution is -2.29. The van der Waals surface area contributed by atoms with E-state index in [4.69, 9.17) is 4.84 Å². The Morgan fingerprint density at radius 3 is 2.95 bits per heavy atom. The SMILES string of the molecule is C=C1CCC(=O)N1OC(=O)Nc1ccc2ncccc2c1.